The number of carbonyl (C=O) groups is 2. The number of rotatable bonds is 8. The number of nitrogens with one attached hydrogen (secondary N) is 3. The summed E-state index contributed by atoms with van der Waals surface area (Å²) in [5, 5.41) is 9.93. The number of phenols is 1. The molecule has 2 aromatic rings. The van der Waals surface area contributed by atoms with Gasteiger partial charge in [0, 0.05) is 5.02 Å². The van der Waals surface area contributed by atoms with Crippen LogP contribution in [0.15, 0.2) is 47.4 Å². The van der Waals surface area contributed by atoms with E-state index in [1.54, 1.807) is 6.26 Å². The van der Waals surface area contributed by atoms with Crippen LogP contribution in [-0.4, -0.2) is 43.4 Å². The zero-order valence-corrected chi connectivity index (χ0v) is 18.1. The number of aromatic hydroxyl groups is 1. The zero-order chi connectivity index (χ0) is 22.3. The van der Waals surface area contributed by atoms with Gasteiger partial charge in [-0.2, -0.15) is 16.5 Å². The van der Waals surface area contributed by atoms with Crippen LogP contribution < -0.4 is 15.6 Å². The van der Waals surface area contributed by atoms with Gasteiger partial charge in [-0.05, 0) is 48.8 Å². The molecule has 0 radical (unpaired) electrons. The Kier molecular flexibility index (Phi) is 8.47. The first-order chi connectivity index (χ1) is 14.2. The molecule has 0 bridgehead atoms. The van der Waals surface area contributed by atoms with E-state index >= 15 is 0 Å². The summed E-state index contributed by atoms with van der Waals surface area (Å²) < 4.78 is 41.0. The van der Waals surface area contributed by atoms with Crippen LogP contribution in [0.5, 0.6) is 5.75 Å². The minimum atomic E-state index is -4.33. The van der Waals surface area contributed by atoms with E-state index in [4.69, 9.17) is 11.6 Å². The first kappa shape index (κ1) is 23.9. The molecule has 0 aliphatic heterocycles. The second kappa shape index (κ2) is 10.6. The lowest BCUT2D eigenvalue weighted by Gasteiger charge is -2.19. The average Bonchev–Trinajstić information content (AvgIpc) is 2.70. The Balaban J connectivity index is 2.12. The average molecular weight is 476 g/mol. The summed E-state index contributed by atoms with van der Waals surface area (Å²) >= 11 is 7.16. The molecule has 0 heterocycles. The van der Waals surface area contributed by atoms with E-state index in [0.29, 0.717) is 5.75 Å². The Labute approximate surface area is 182 Å². The van der Waals surface area contributed by atoms with Crippen molar-refractivity contribution in [1.82, 2.24) is 15.6 Å². The van der Waals surface area contributed by atoms with Crippen molar-refractivity contribution in [2.45, 2.75) is 17.4 Å². The van der Waals surface area contributed by atoms with Crippen molar-refractivity contribution in [3.8, 4) is 5.75 Å². The van der Waals surface area contributed by atoms with E-state index in [9.17, 15) is 27.5 Å². The fraction of sp³-hybridized carbons (Fsp3) is 0.222. The number of hydrogen-bond donors (Lipinski definition) is 4. The quantitative estimate of drug-likeness (QED) is 0.433. The lowest BCUT2D eigenvalue weighted by molar-refractivity contribution is -0.123. The Hall–Kier alpha value is -2.34. The topological polar surface area (TPSA) is 125 Å². The Morgan fingerprint density at radius 1 is 1.20 bits per heavy atom. The van der Waals surface area contributed by atoms with Crippen LogP contribution in [0.25, 0.3) is 0 Å². The standard InChI is InChI=1S/C18H19ClFN3O5S2/c1-29-9-8-14(23-30(27,28)16-5-3-2-4-13(16)20)18(26)22-21-17(25)12-10-11(19)6-7-15(12)24/h2-7,10,14,23-24H,8-9H2,1H3,(H,21,25)(H,22,26). The number of benzene rings is 2. The van der Waals surface area contributed by atoms with Gasteiger partial charge in [-0.25, -0.2) is 12.8 Å². The van der Waals surface area contributed by atoms with E-state index in [1.165, 1.54) is 42.1 Å². The monoisotopic (exact) mass is 475 g/mol. The van der Waals surface area contributed by atoms with Gasteiger partial charge in [-0.3, -0.25) is 20.4 Å². The largest absolute Gasteiger partial charge is 0.507 e. The van der Waals surface area contributed by atoms with E-state index < -0.39 is 38.6 Å². The highest BCUT2D eigenvalue weighted by Gasteiger charge is 2.27. The summed E-state index contributed by atoms with van der Waals surface area (Å²) in [5.74, 6) is -2.62. The fourth-order valence-corrected chi connectivity index (χ4v) is 4.31. The van der Waals surface area contributed by atoms with E-state index in [0.717, 1.165) is 12.1 Å². The summed E-state index contributed by atoms with van der Waals surface area (Å²) in [5.41, 5.74) is 4.01. The molecular weight excluding hydrogens is 457 g/mol. The van der Waals surface area contributed by atoms with Crippen LogP contribution in [-0.2, 0) is 14.8 Å². The first-order valence-electron chi connectivity index (χ1n) is 8.50. The molecule has 2 amide bonds. The highest BCUT2D eigenvalue weighted by Crippen LogP contribution is 2.21. The predicted molar refractivity (Wildman–Crippen MR) is 112 cm³/mol. The van der Waals surface area contributed by atoms with Crippen molar-refractivity contribution >= 4 is 45.2 Å². The van der Waals surface area contributed by atoms with E-state index in [-0.39, 0.29) is 22.8 Å². The molecule has 30 heavy (non-hydrogen) atoms. The number of phenolic OH excluding ortho intramolecular Hbond substituents is 1. The van der Waals surface area contributed by atoms with Crippen LogP contribution in [0.2, 0.25) is 5.02 Å². The normalized spacial score (nSPS) is 12.2. The number of thioether (sulfide) groups is 1. The number of hydrogen-bond acceptors (Lipinski definition) is 6. The van der Waals surface area contributed by atoms with Crippen LogP contribution in [0.1, 0.15) is 16.8 Å². The summed E-state index contributed by atoms with van der Waals surface area (Å²) in [6.45, 7) is 0. The molecule has 0 aliphatic rings. The van der Waals surface area contributed by atoms with Crippen LogP contribution in [0.3, 0.4) is 0 Å². The molecule has 2 aromatic carbocycles. The predicted octanol–water partition coefficient (Wildman–Crippen LogP) is 2.05. The Morgan fingerprint density at radius 2 is 1.90 bits per heavy atom. The lowest BCUT2D eigenvalue weighted by atomic mass is 10.2. The van der Waals surface area contributed by atoms with Gasteiger partial charge in [0.1, 0.15) is 22.5 Å². The molecule has 4 N–H and O–H groups in total. The highest BCUT2D eigenvalue weighted by molar-refractivity contribution is 7.98. The van der Waals surface area contributed by atoms with Gasteiger partial charge in [0.05, 0.1) is 5.56 Å². The third kappa shape index (κ3) is 6.33. The molecule has 0 aliphatic carbocycles. The Bertz CT molecular complexity index is 1040. The van der Waals surface area contributed by atoms with Gasteiger partial charge in [0.25, 0.3) is 11.8 Å². The minimum absolute atomic E-state index is 0.0823. The second-order valence-corrected chi connectivity index (χ2v) is 9.10. The summed E-state index contributed by atoms with van der Waals surface area (Å²) in [6, 6.07) is 7.26. The number of carbonyl (C=O) groups excluding carboxylic acids is 2. The minimum Gasteiger partial charge on any atom is -0.507 e. The fourth-order valence-electron chi connectivity index (χ4n) is 2.36. The lowest BCUT2D eigenvalue weighted by Crippen LogP contribution is -2.52. The van der Waals surface area contributed by atoms with Crippen molar-refractivity contribution < 1.29 is 27.5 Å². The van der Waals surface area contributed by atoms with Crippen molar-refractivity contribution in [2.24, 2.45) is 0 Å². The maximum absolute atomic E-state index is 13.9. The molecule has 0 aromatic heterocycles. The maximum atomic E-state index is 13.9. The number of hydrazine groups is 1. The zero-order valence-electron chi connectivity index (χ0n) is 15.7. The third-order valence-corrected chi connectivity index (χ3v) is 6.24. The highest BCUT2D eigenvalue weighted by atomic mass is 35.5. The van der Waals surface area contributed by atoms with Crippen LogP contribution in [0.4, 0.5) is 4.39 Å². The third-order valence-electron chi connectivity index (χ3n) is 3.85. The number of amides is 2. The van der Waals surface area contributed by atoms with Gasteiger partial charge in [0.2, 0.25) is 10.0 Å². The van der Waals surface area contributed by atoms with Gasteiger partial charge < -0.3 is 5.11 Å². The van der Waals surface area contributed by atoms with Crippen molar-refractivity contribution in [2.75, 3.05) is 12.0 Å². The first-order valence-corrected chi connectivity index (χ1v) is 11.8. The molecule has 0 spiro atoms. The molecule has 2 rings (SSSR count). The molecule has 162 valence electrons. The SMILES string of the molecule is CSCCC(NS(=O)(=O)c1ccccc1F)C(=O)NNC(=O)c1cc(Cl)ccc1O. The molecule has 0 fully saturated rings. The number of sulfonamides is 1. The summed E-state index contributed by atoms with van der Waals surface area (Å²) in [7, 11) is -4.33. The molecule has 1 atom stereocenters. The van der Waals surface area contributed by atoms with Crippen molar-refractivity contribution in [1.29, 1.82) is 0 Å². The summed E-state index contributed by atoms with van der Waals surface area (Å²) in [4.78, 5) is 24.1. The number of halogens is 2. The van der Waals surface area contributed by atoms with E-state index in [1.807, 2.05) is 0 Å². The van der Waals surface area contributed by atoms with Gasteiger partial charge in [0.15, 0.2) is 0 Å². The molecule has 1 unspecified atom stereocenters. The maximum Gasteiger partial charge on any atom is 0.273 e. The smallest absolute Gasteiger partial charge is 0.273 e. The second-order valence-electron chi connectivity index (χ2n) is 5.99. The molecule has 0 saturated carbocycles. The molecule has 8 nitrogen and oxygen atoms in total. The molecule has 0 saturated heterocycles. The van der Waals surface area contributed by atoms with E-state index in [2.05, 4.69) is 15.6 Å². The van der Waals surface area contributed by atoms with Crippen LogP contribution >= 0.6 is 23.4 Å². The molecule has 12 heteroatoms. The van der Waals surface area contributed by atoms with Gasteiger partial charge in [-0.1, -0.05) is 23.7 Å². The Morgan fingerprint density at radius 3 is 2.57 bits per heavy atom. The summed E-state index contributed by atoms with van der Waals surface area (Å²) in [6.07, 6.45) is 1.85. The van der Waals surface area contributed by atoms with Crippen molar-refractivity contribution in [3.63, 3.8) is 0 Å². The molecular formula is C18H19ClFN3O5S2. The van der Waals surface area contributed by atoms with Gasteiger partial charge >= 0.3 is 0 Å². The van der Waals surface area contributed by atoms with Crippen molar-refractivity contribution in [3.05, 3.63) is 58.9 Å². The van der Waals surface area contributed by atoms with Crippen LogP contribution in [0, 0.1) is 5.82 Å². The van der Waals surface area contributed by atoms with Gasteiger partial charge in [-0.15, -0.1) is 0 Å².